The molecule has 0 radical (unpaired) electrons. The average Bonchev–Trinajstić information content (AvgIpc) is 2.33. The van der Waals surface area contributed by atoms with Crippen molar-refractivity contribution in [1.82, 2.24) is 0 Å². The number of Topliss-reactive ketones (excluding diaryl/α,β-unsaturated/α-hetero) is 1. The second-order valence-corrected chi connectivity index (χ2v) is 3.33. The SMILES string of the molecule is C#CCC(C(=O)CC(=O)OCC)C(=O)OCC=C. The van der Waals surface area contributed by atoms with Crippen LogP contribution in [0.25, 0.3) is 0 Å². The molecule has 0 bridgehead atoms. The van der Waals surface area contributed by atoms with Gasteiger partial charge in [-0.2, -0.15) is 0 Å². The molecule has 0 amide bonds. The first-order chi connectivity index (χ1) is 8.56. The molecule has 0 aromatic heterocycles. The minimum Gasteiger partial charge on any atom is -0.466 e. The van der Waals surface area contributed by atoms with Gasteiger partial charge in [0.25, 0.3) is 0 Å². The van der Waals surface area contributed by atoms with Gasteiger partial charge < -0.3 is 9.47 Å². The molecule has 0 saturated carbocycles. The summed E-state index contributed by atoms with van der Waals surface area (Å²) < 4.78 is 9.37. The van der Waals surface area contributed by atoms with Crippen molar-refractivity contribution < 1.29 is 23.9 Å². The van der Waals surface area contributed by atoms with E-state index in [9.17, 15) is 14.4 Å². The number of carbonyl (C=O) groups is 3. The third-order valence-corrected chi connectivity index (χ3v) is 1.96. The summed E-state index contributed by atoms with van der Waals surface area (Å²) in [6.45, 7) is 5.17. The molecule has 0 N–H and O–H groups in total. The quantitative estimate of drug-likeness (QED) is 0.277. The maximum atomic E-state index is 11.7. The van der Waals surface area contributed by atoms with E-state index in [0.717, 1.165) is 0 Å². The van der Waals surface area contributed by atoms with Gasteiger partial charge in [0.05, 0.1) is 6.61 Å². The van der Waals surface area contributed by atoms with Crippen molar-refractivity contribution >= 4 is 17.7 Å². The highest BCUT2D eigenvalue weighted by atomic mass is 16.5. The molecule has 0 aliphatic rings. The average molecular weight is 252 g/mol. The van der Waals surface area contributed by atoms with E-state index in [1.165, 1.54) is 6.08 Å². The molecule has 0 aliphatic heterocycles. The number of rotatable bonds is 8. The van der Waals surface area contributed by atoms with Crippen LogP contribution in [-0.4, -0.2) is 30.9 Å². The predicted octanol–water partition coefficient (Wildman–Crippen LogP) is 0.877. The lowest BCUT2D eigenvalue weighted by molar-refractivity contribution is -0.152. The Balaban J connectivity index is 4.53. The number of carbonyl (C=O) groups excluding carboxylic acids is 3. The Morgan fingerprint density at radius 1 is 1.39 bits per heavy atom. The van der Waals surface area contributed by atoms with Gasteiger partial charge in [-0.1, -0.05) is 12.7 Å². The molecule has 0 aromatic carbocycles. The van der Waals surface area contributed by atoms with Crippen molar-refractivity contribution in [2.75, 3.05) is 13.2 Å². The van der Waals surface area contributed by atoms with Crippen LogP contribution in [0.5, 0.6) is 0 Å². The van der Waals surface area contributed by atoms with E-state index in [1.807, 2.05) is 0 Å². The lowest BCUT2D eigenvalue weighted by Crippen LogP contribution is -2.28. The van der Waals surface area contributed by atoms with Gasteiger partial charge in [-0.15, -0.1) is 12.3 Å². The number of hydrogen-bond acceptors (Lipinski definition) is 5. The number of ether oxygens (including phenoxy) is 2. The zero-order valence-corrected chi connectivity index (χ0v) is 10.3. The van der Waals surface area contributed by atoms with Crippen molar-refractivity contribution in [1.29, 1.82) is 0 Å². The van der Waals surface area contributed by atoms with Crippen LogP contribution in [-0.2, 0) is 23.9 Å². The lowest BCUT2D eigenvalue weighted by atomic mass is 9.98. The van der Waals surface area contributed by atoms with E-state index in [-0.39, 0.29) is 19.6 Å². The Labute approximate surface area is 106 Å². The number of ketones is 1. The summed E-state index contributed by atoms with van der Waals surface area (Å²) in [7, 11) is 0. The highest BCUT2D eigenvalue weighted by Gasteiger charge is 2.28. The maximum absolute atomic E-state index is 11.7. The highest BCUT2D eigenvalue weighted by molar-refractivity contribution is 6.06. The maximum Gasteiger partial charge on any atom is 0.317 e. The Kier molecular flexibility index (Phi) is 7.95. The molecule has 0 aliphatic carbocycles. The molecular weight excluding hydrogens is 236 g/mol. The molecular formula is C13H16O5. The van der Waals surface area contributed by atoms with Gasteiger partial charge in [0.2, 0.25) is 0 Å². The molecule has 0 fully saturated rings. The molecule has 0 rings (SSSR count). The fraction of sp³-hybridized carbons (Fsp3) is 0.462. The van der Waals surface area contributed by atoms with E-state index in [2.05, 4.69) is 17.2 Å². The van der Waals surface area contributed by atoms with Gasteiger partial charge >= 0.3 is 11.9 Å². The van der Waals surface area contributed by atoms with Gasteiger partial charge in [0, 0.05) is 6.42 Å². The summed E-state index contributed by atoms with van der Waals surface area (Å²) in [4.78, 5) is 34.4. The first-order valence-electron chi connectivity index (χ1n) is 5.46. The second kappa shape index (κ2) is 8.99. The summed E-state index contributed by atoms with van der Waals surface area (Å²) >= 11 is 0. The smallest absolute Gasteiger partial charge is 0.317 e. The highest BCUT2D eigenvalue weighted by Crippen LogP contribution is 2.10. The Morgan fingerprint density at radius 2 is 2.06 bits per heavy atom. The molecule has 5 heteroatoms. The van der Waals surface area contributed by atoms with Crippen LogP contribution in [0.15, 0.2) is 12.7 Å². The normalized spacial score (nSPS) is 10.9. The van der Waals surface area contributed by atoms with Gasteiger partial charge in [-0.3, -0.25) is 14.4 Å². The zero-order valence-electron chi connectivity index (χ0n) is 10.3. The molecule has 18 heavy (non-hydrogen) atoms. The summed E-state index contributed by atoms with van der Waals surface area (Å²) in [5.74, 6) is -0.938. The van der Waals surface area contributed by atoms with Crippen LogP contribution in [0.2, 0.25) is 0 Å². The van der Waals surface area contributed by atoms with Crippen molar-refractivity contribution in [3.63, 3.8) is 0 Å². The van der Waals surface area contributed by atoms with Crippen LogP contribution in [0, 0.1) is 18.3 Å². The number of hydrogen-bond donors (Lipinski definition) is 0. The zero-order chi connectivity index (χ0) is 14.0. The first kappa shape index (κ1) is 15.9. The summed E-state index contributed by atoms with van der Waals surface area (Å²) in [5, 5.41) is 0. The van der Waals surface area contributed by atoms with Crippen molar-refractivity contribution in [2.24, 2.45) is 5.92 Å². The third kappa shape index (κ3) is 5.85. The van der Waals surface area contributed by atoms with Gasteiger partial charge in [-0.25, -0.2) is 0 Å². The summed E-state index contributed by atoms with van der Waals surface area (Å²) in [5.41, 5.74) is 0. The minimum absolute atomic E-state index is 0.00735. The minimum atomic E-state index is -1.13. The molecule has 1 unspecified atom stereocenters. The van der Waals surface area contributed by atoms with Gasteiger partial charge in [0.1, 0.15) is 18.9 Å². The van der Waals surface area contributed by atoms with Gasteiger partial charge in [0.15, 0.2) is 5.78 Å². The van der Waals surface area contributed by atoms with E-state index in [4.69, 9.17) is 11.2 Å². The van der Waals surface area contributed by atoms with E-state index >= 15 is 0 Å². The third-order valence-electron chi connectivity index (χ3n) is 1.96. The topological polar surface area (TPSA) is 69.7 Å². The Hall–Kier alpha value is -2.09. The van der Waals surface area contributed by atoms with Crippen molar-refractivity contribution in [2.45, 2.75) is 19.8 Å². The van der Waals surface area contributed by atoms with Crippen LogP contribution in [0.1, 0.15) is 19.8 Å². The van der Waals surface area contributed by atoms with E-state index < -0.39 is 30.1 Å². The number of esters is 2. The van der Waals surface area contributed by atoms with Crippen LogP contribution in [0.4, 0.5) is 0 Å². The largest absolute Gasteiger partial charge is 0.466 e. The Bertz CT molecular complexity index is 364. The molecule has 0 saturated heterocycles. The van der Waals surface area contributed by atoms with Crippen LogP contribution < -0.4 is 0 Å². The van der Waals surface area contributed by atoms with Crippen molar-refractivity contribution in [3.05, 3.63) is 12.7 Å². The Morgan fingerprint density at radius 3 is 2.56 bits per heavy atom. The monoisotopic (exact) mass is 252 g/mol. The molecule has 5 nitrogen and oxygen atoms in total. The van der Waals surface area contributed by atoms with E-state index in [0.29, 0.717) is 0 Å². The van der Waals surface area contributed by atoms with Crippen LogP contribution >= 0.6 is 0 Å². The molecule has 1 atom stereocenters. The second-order valence-electron chi connectivity index (χ2n) is 3.33. The lowest BCUT2D eigenvalue weighted by Gasteiger charge is -2.11. The molecule has 0 heterocycles. The number of terminal acetylenes is 1. The van der Waals surface area contributed by atoms with E-state index in [1.54, 1.807) is 6.92 Å². The summed E-state index contributed by atoms with van der Waals surface area (Å²) in [6.07, 6.45) is 5.87. The fourth-order valence-corrected chi connectivity index (χ4v) is 1.17. The van der Waals surface area contributed by atoms with Crippen molar-refractivity contribution in [3.8, 4) is 12.3 Å². The van der Waals surface area contributed by atoms with Gasteiger partial charge in [-0.05, 0) is 6.92 Å². The molecule has 0 spiro atoms. The summed E-state index contributed by atoms with van der Waals surface area (Å²) in [6, 6.07) is 0. The molecule has 0 aromatic rings. The van der Waals surface area contributed by atoms with Crippen LogP contribution in [0.3, 0.4) is 0 Å². The standard InChI is InChI=1S/C13H16O5/c1-4-7-10(13(16)18-8-5-2)11(14)9-12(15)17-6-3/h1,5,10H,2,6-9H2,3H3. The molecule has 98 valence electrons. The predicted molar refractivity (Wildman–Crippen MR) is 64.4 cm³/mol. The first-order valence-corrected chi connectivity index (χ1v) is 5.46. The fourth-order valence-electron chi connectivity index (χ4n) is 1.17.